The predicted octanol–water partition coefficient (Wildman–Crippen LogP) is 2.30. The van der Waals surface area contributed by atoms with Gasteiger partial charge in [-0.25, -0.2) is 0 Å². The molecule has 0 aliphatic rings. The Morgan fingerprint density at radius 2 is 2.00 bits per heavy atom. The van der Waals surface area contributed by atoms with Gasteiger partial charge in [-0.1, -0.05) is 18.2 Å². The normalized spacial score (nSPS) is 13.8. The van der Waals surface area contributed by atoms with Gasteiger partial charge in [0.1, 0.15) is 11.8 Å². The van der Waals surface area contributed by atoms with Crippen LogP contribution >= 0.6 is 0 Å². The number of ether oxygens (including phenoxy) is 2. The molecule has 0 bridgehead atoms. The van der Waals surface area contributed by atoms with Crippen molar-refractivity contribution in [2.45, 2.75) is 32.9 Å². The minimum absolute atomic E-state index is 0.0156. The van der Waals surface area contributed by atoms with Gasteiger partial charge in [-0.05, 0) is 26.8 Å². The van der Waals surface area contributed by atoms with Gasteiger partial charge in [0.2, 0.25) is 0 Å². The molecule has 1 rings (SSSR count). The van der Waals surface area contributed by atoms with Crippen molar-refractivity contribution < 1.29 is 14.3 Å². The molecule has 0 spiro atoms. The van der Waals surface area contributed by atoms with Crippen LogP contribution in [0.1, 0.15) is 32.4 Å². The molecule has 1 unspecified atom stereocenters. The van der Waals surface area contributed by atoms with Crippen molar-refractivity contribution in [3.05, 3.63) is 29.8 Å². The number of methoxy groups -OCH3 is 1. The summed E-state index contributed by atoms with van der Waals surface area (Å²) < 4.78 is 10.3. The van der Waals surface area contributed by atoms with Crippen molar-refractivity contribution in [3.8, 4) is 5.75 Å². The number of nitrogens with one attached hydrogen (secondary N) is 1. The third-order valence-corrected chi connectivity index (χ3v) is 2.74. The first kappa shape index (κ1) is 14.5. The zero-order chi connectivity index (χ0) is 13.5. The van der Waals surface area contributed by atoms with E-state index in [1.165, 1.54) is 7.11 Å². The highest BCUT2D eigenvalue weighted by molar-refractivity contribution is 5.75. The summed E-state index contributed by atoms with van der Waals surface area (Å²) in [7, 11) is 1.39. The summed E-state index contributed by atoms with van der Waals surface area (Å²) in [4.78, 5) is 11.4. The Hall–Kier alpha value is -1.55. The largest absolute Gasteiger partial charge is 0.494 e. The minimum Gasteiger partial charge on any atom is -0.494 e. The smallest absolute Gasteiger partial charge is 0.322 e. The molecule has 0 heterocycles. The topological polar surface area (TPSA) is 47.6 Å². The molecule has 0 radical (unpaired) electrons. The van der Waals surface area contributed by atoms with Gasteiger partial charge in [-0.3, -0.25) is 10.1 Å². The number of hydrogen-bond donors (Lipinski definition) is 1. The van der Waals surface area contributed by atoms with Gasteiger partial charge in [0, 0.05) is 11.6 Å². The predicted molar refractivity (Wildman–Crippen MR) is 70.6 cm³/mol. The van der Waals surface area contributed by atoms with Gasteiger partial charge in [0.05, 0.1) is 13.7 Å². The molecular weight excluding hydrogens is 230 g/mol. The van der Waals surface area contributed by atoms with E-state index in [0.717, 1.165) is 11.3 Å². The Morgan fingerprint density at radius 1 is 1.33 bits per heavy atom. The van der Waals surface area contributed by atoms with E-state index in [4.69, 9.17) is 9.47 Å². The van der Waals surface area contributed by atoms with Gasteiger partial charge in [-0.2, -0.15) is 0 Å². The van der Waals surface area contributed by atoms with Crippen LogP contribution in [0.3, 0.4) is 0 Å². The van der Waals surface area contributed by atoms with Crippen LogP contribution in [-0.2, 0) is 9.53 Å². The molecule has 1 aromatic rings. The Bertz CT molecular complexity index is 392. The second-order valence-corrected chi connectivity index (χ2v) is 4.10. The monoisotopic (exact) mass is 251 g/mol. The van der Waals surface area contributed by atoms with Gasteiger partial charge in [-0.15, -0.1) is 0 Å². The van der Waals surface area contributed by atoms with E-state index in [1.807, 2.05) is 38.1 Å². The first-order chi connectivity index (χ1) is 8.60. The van der Waals surface area contributed by atoms with Crippen LogP contribution in [-0.4, -0.2) is 25.7 Å². The molecule has 18 heavy (non-hydrogen) atoms. The van der Waals surface area contributed by atoms with Crippen molar-refractivity contribution in [2.75, 3.05) is 13.7 Å². The standard InChI is InChI=1S/C14H21NO3/c1-5-18-13-9-7-6-8-12(13)10(2)15-11(3)14(16)17-4/h6-11,15H,5H2,1-4H3/t10?,11-/m0/s1. The molecule has 4 heteroatoms. The summed E-state index contributed by atoms with van der Waals surface area (Å²) in [5, 5.41) is 3.19. The van der Waals surface area contributed by atoms with Crippen LogP contribution in [0.5, 0.6) is 5.75 Å². The fourth-order valence-electron chi connectivity index (χ4n) is 1.83. The van der Waals surface area contributed by atoms with Crippen molar-refractivity contribution in [3.63, 3.8) is 0 Å². The van der Waals surface area contributed by atoms with Gasteiger partial charge >= 0.3 is 5.97 Å². The van der Waals surface area contributed by atoms with Crippen molar-refractivity contribution in [1.29, 1.82) is 0 Å². The number of hydrogen-bond acceptors (Lipinski definition) is 4. The molecule has 1 N–H and O–H groups in total. The summed E-state index contributed by atoms with van der Waals surface area (Å²) in [5.74, 6) is 0.577. The Kier molecular flexibility index (Phi) is 5.65. The lowest BCUT2D eigenvalue weighted by atomic mass is 10.1. The van der Waals surface area contributed by atoms with Crippen molar-refractivity contribution >= 4 is 5.97 Å². The molecule has 0 saturated heterocycles. The lowest BCUT2D eigenvalue weighted by Gasteiger charge is -2.20. The molecule has 2 atom stereocenters. The summed E-state index contributed by atoms with van der Waals surface area (Å²) in [6, 6.07) is 7.48. The average molecular weight is 251 g/mol. The molecule has 0 aliphatic heterocycles. The van der Waals surface area contributed by atoms with E-state index in [0.29, 0.717) is 6.61 Å². The summed E-state index contributed by atoms with van der Waals surface area (Å²) in [6.07, 6.45) is 0. The molecule has 0 saturated carbocycles. The van der Waals surface area contributed by atoms with E-state index in [9.17, 15) is 4.79 Å². The van der Waals surface area contributed by atoms with Crippen molar-refractivity contribution in [2.24, 2.45) is 0 Å². The van der Waals surface area contributed by atoms with E-state index in [2.05, 4.69) is 5.32 Å². The highest BCUT2D eigenvalue weighted by atomic mass is 16.5. The fourth-order valence-corrected chi connectivity index (χ4v) is 1.83. The second kappa shape index (κ2) is 7.01. The molecular formula is C14H21NO3. The fraction of sp³-hybridized carbons (Fsp3) is 0.500. The maximum Gasteiger partial charge on any atom is 0.322 e. The van der Waals surface area contributed by atoms with E-state index < -0.39 is 0 Å². The molecule has 0 aliphatic carbocycles. The highest BCUT2D eigenvalue weighted by Crippen LogP contribution is 2.25. The molecule has 1 aromatic carbocycles. The summed E-state index contributed by atoms with van der Waals surface area (Å²) in [6.45, 7) is 6.35. The van der Waals surface area contributed by atoms with E-state index in [1.54, 1.807) is 6.92 Å². The molecule has 4 nitrogen and oxygen atoms in total. The quantitative estimate of drug-likeness (QED) is 0.788. The van der Waals surface area contributed by atoms with Gasteiger partial charge in [0.25, 0.3) is 0 Å². The molecule has 100 valence electrons. The molecule has 0 fully saturated rings. The van der Waals surface area contributed by atoms with Crippen LogP contribution in [0.4, 0.5) is 0 Å². The molecule has 0 aromatic heterocycles. The third-order valence-electron chi connectivity index (χ3n) is 2.74. The number of para-hydroxylation sites is 1. The number of carbonyl (C=O) groups is 1. The maximum atomic E-state index is 11.4. The Labute approximate surface area is 108 Å². The Balaban J connectivity index is 2.77. The third kappa shape index (κ3) is 3.74. The second-order valence-electron chi connectivity index (χ2n) is 4.10. The summed E-state index contributed by atoms with van der Waals surface area (Å²) in [5.41, 5.74) is 1.04. The van der Waals surface area contributed by atoms with Crippen LogP contribution in [0.25, 0.3) is 0 Å². The zero-order valence-corrected chi connectivity index (χ0v) is 11.4. The first-order valence-electron chi connectivity index (χ1n) is 6.15. The van der Waals surface area contributed by atoms with Gasteiger partial charge < -0.3 is 9.47 Å². The highest BCUT2D eigenvalue weighted by Gasteiger charge is 2.18. The SMILES string of the molecule is CCOc1ccccc1C(C)N[C@@H](C)C(=O)OC. The number of rotatable bonds is 6. The number of benzene rings is 1. The van der Waals surface area contributed by atoms with Crippen LogP contribution in [0, 0.1) is 0 Å². The van der Waals surface area contributed by atoms with Crippen molar-refractivity contribution in [1.82, 2.24) is 5.32 Å². The molecule has 0 amide bonds. The Morgan fingerprint density at radius 3 is 2.61 bits per heavy atom. The minimum atomic E-state index is -0.348. The van der Waals surface area contributed by atoms with Crippen LogP contribution < -0.4 is 10.1 Å². The maximum absolute atomic E-state index is 11.4. The van der Waals surface area contributed by atoms with Crippen LogP contribution in [0.15, 0.2) is 24.3 Å². The summed E-state index contributed by atoms with van der Waals surface area (Å²) >= 11 is 0. The van der Waals surface area contributed by atoms with E-state index in [-0.39, 0.29) is 18.1 Å². The average Bonchev–Trinajstić information content (AvgIpc) is 2.38. The number of carbonyl (C=O) groups excluding carboxylic acids is 1. The first-order valence-corrected chi connectivity index (χ1v) is 6.15. The lowest BCUT2D eigenvalue weighted by Crippen LogP contribution is -2.36. The van der Waals surface area contributed by atoms with E-state index >= 15 is 0 Å². The number of esters is 1. The zero-order valence-electron chi connectivity index (χ0n) is 11.4. The van der Waals surface area contributed by atoms with Crippen LogP contribution in [0.2, 0.25) is 0 Å². The lowest BCUT2D eigenvalue weighted by molar-refractivity contribution is -0.142. The van der Waals surface area contributed by atoms with Gasteiger partial charge in [0.15, 0.2) is 0 Å².